The fourth-order valence-electron chi connectivity index (χ4n) is 2.88. The summed E-state index contributed by atoms with van der Waals surface area (Å²) in [6, 6.07) is 3.73. The monoisotopic (exact) mass is 296 g/mol. The number of nitrogens with one attached hydrogen (secondary N) is 2. The Morgan fingerprint density at radius 3 is 3.27 bits per heavy atom. The molecule has 1 aliphatic heterocycles. The van der Waals surface area contributed by atoms with Crippen LogP contribution in [0.3, 0.4) is 0 Å². The van der Waals surface area contributed by atoms with Gasteiger partial charge in [0.15, 0.2) is 5.82 Å². The van der Waals surface area contributed by atoms with Crippen LogP contribution in [0.5, 0.6) is 0 Å². The van der Waals surface area contributed by atoms with E-state index >= 15 is 0 Å². The number of aromatic amines is 1. The topological polar surface area (TPSA) is 88.5 Å². The Kier molecular flexibility index (Phi) is 3.10. The van der Waals surface area contributed by atoms with Crippen LogP contribution in [0.2, 0.25) is 0 Å². The van der Waals surface area contributed by atoms with Gasteiger partial charge in [0.2, 0.25) is 0 Å². The van der Waals surface area contributed by atoms with Crippen molar-refractivity contribution in [1.29, 1.82) is 0 Å². The van der Waals surface area contributed by atoms with Gasteiger partial charge in [-0.05, 0) is 25.0 Å². The molecule has 3 aromatic heterocycles. The Morgan fingerprint density at radius 2 is 2.32 bits per heavy atom. The van der Waals surface area contributed by atoms with Crippen LogP contribution in [-0.4, -0.2) is 30.6 Å². The summed E-state index contributed by atoms with van der Waals surface area (Å²) in [5.74, 6) is 1.68. The summed E-state index contributed by atoms with van der Waals surface area (Å²) < 4.78 is 2.11. The Labute approximate surface area is 126 Å². The maximum Gasteiger partial charge on any atom is 0.255 e. The average molecular weight is 296 g/mol. The number of hydrogen-bond donors (Lipinski definition) is 2. The van der Waals surface area contributed by atoms with Crippen molar-refractivity contribution in [3.63, 3.8) is 0 Å². The molecule has 0 spiro atoms. The lowest BCUT2D eigenvalue weighted by molar-refractivity contribution is 0.0951. The number of H-pyrrole nitrogens is 1. The molecule has 0 aliphatic carbocycles. The number of nitrogens with zero attached hydrogens (tertiary/aromatic N) is 4. The zero-order valence-corrected chi connectivity index (χ0v) is 12.0. The van der Waals surface area contributed by atoms with E-state index in [9.17, 15) is 4.79 Å². The molecule has 22 heavy (non-hydrogen) atoms. The second kappa shape index (κ2) is 5.25. The minimum atomic E-state index is -0.155. The van der Waals surface area contributed by atoms with Crippen LogP contribution in [-0.2, 0) is 19.5 Å². The van der Waals surface area contributed by atoms with Gasteiger partial charge in [-0.25, -0.2) is 0 Å². The van der Waals surface area contributed by atoms with Crippen molar-refractivity contribution in [2.24, 2.45) is 0 Å². The number of carbonyl (C=O) groups excluding carboxylic acids is 1. The lowest BCUT2D eigenvalue weighted by Gasteiger charge is -2.14. The van der Waals surface area contributed by atoms with Gasteiger partial charge in [0.1, 0.15) is 11.3 Å². The van der Waals surface area contributed by atoms with E-state index in [1.807, 2.05) is 12.1 Å². The summed E-state index contributed by atoms with van der Waals surface area (Å²) in [5.41, 5.74) is 2.09. The first-order chi connectivity index (χ1) is 10.8. The van der Waals surface area contributed by atoms with Crippen molar-refractivity contribution in [3.05, 3.63) is 41.7 Å². The standard InChI is InChI=1S/C15H16N6O/c22-15(10-8-17-11-4-3-6-16-14(10)11)18-9-13-20-19-12-5-1-2-7-21(12)13/h3-4,6,8,17H,1-2,5,7,9H2,(H,18,22). The number of amides is 1. The van der Waals surface area contributed by atoms with Crippen molar-refractivity contribution < 1.29 is 4.79 Å². The highest BCUT2D eigenvalue weighted by Gasteiger charge is 2.17. The number of hydrogen-bond acceptors (Lipinski definition) is 4. The molecule has 4 rings (SSSR count). The fourth-order valence-corrected chi connectivity index (χ4v) is 2.88. The molecule has 7 nitrogen and oxygen atoms in total. The molecule has 7 heteroatoms. The highest BCUT2D eigenvalue weighted by molar-refractivity contribution is 6.05. The summed E-state index contributed by atoms with van der Waals surface area (Å²) in [5, 5.41) is 11.3. The second-order valence-electron chi connectivity index (χ2n) is 5.43. The zero-order valence-electron chi connectivity index (χ0n) is 12.0. The summed E-state index contributed by atoms with van der Waals surface area (Å²) in [6.07, 6.45) is 6.63. The molecular formula is C15H16N6O. The van der Waals surface area contributed by atoms with Gasteiger partial charge in [-0.3, -0.25) is 9.78 Å². The van der Waals surface area contributed by atoms with Crippen LogP contribution in [0.1, 0.15) is 34.8 Å². The first kappa shape index (κ1) is 13.0. The molecule has 0 aromatic carbocycles. The maximum absolute atomic E-state index is 12.4. The van der Waals surface area contributed by atoms with E-state index in [0.717, 1.165) is 43.0 Å². The van der Waals surface area contributed by atoms with Crippen molar-refractivity contribution >= 4 is 16.9 Å². The molecule has 0 fully saturated rings. The molecule has 0 bridgehead atoms. The van der Waals surface area contributed by atoms with Gasteiger partial charge < -0.3 is 14.9 Å². The summed E-state index contributed by atoms with van der Waals surface area (Å²) in [6.45, 7) is 1.31. The van der Waals surface area contributed by atoms with Crippen molar-refractivity contribution in [3.8, 4) is 0 Å². The number of fused-ring (bicyclic) bond motifs is 2. The van der Waals surface area contributed by atoms with Crippen molar-refractivity contribution in [2.75, 3.05) is 0 Å². The number of pyridine rings is 1. The van der Waals surface area contributed by atoms with Gasteiger partial charge in [0.25, 0.3) is 5.91 Å². The largest absolute Gasteiger partial charge is 0.359 e. The quantitative estimate of drug-likeness (QED) is 0.765. The predicted octanol–water partition coefficient (Wildman–Crippen LogP) is 1.42. The van der Waals surface area contributed by atoms with E-state index in [2.05, 4.69) is 30.0 Å². The van der Waals surface area contributed by atoms with Gasteiger partial charge in [0, 0.05) is 25.4 Å². The Bertz CT molecular complexity index is 834. The third kappa shape index (κ3) is 2.14. The Balaban J connectivity index is 1.52. The minimum Gasteiger partial charge on any atom is -0.359 e. The van der Waals surface area contributed by atoms with Gasteiger partial charge in [0.05, 0.1) is 17.6 Å². The zero-order chi connectivity index (χ0) is 14.9. The maximum atomic E-state index is 12.4. The molecule has 112 valence electrons. The van der Waals surface area contributed by atoms with Crippen LogP contribution < -0.4 is 5.32 Å². The number of carbonyl (C=O) groups is 1. The van der Waals surface area contributed by atoms with Crippen LogP contribution in [0.25, 0.3) is 11.0 Å². The molecule has 0 unspecified atom stereocenters. The molecule has 1 amide bonds. The van der Waals surface area contributed by atoms with Crippen molar-refractivity contribution in [2.45, 2.75) is 32.4 Å². The molecule has 2 N–H and O–H groups in total. The second-order valence-corrected chi connectivity index (χ2v) is 5.43. The lowest BCUT2D eigenvalue weighted by Crippen LogP contribution is -2.25. The van der Waals surface area contributed by atoms with Gasteiger partial charge in [-0.1, -0.05) is 0 Å². The first-order valence-corrected chi connectivity index (χ1v) is 7.44. The Hall–Kier alpha value is -2.70. The molecule has 0 radical (unpaired) electrons. The smallest absolute Gasteiger partial charge is 0.255 e. The molecule has 0 atom stereocenters. The van der Waals surface area contributed by atoms with Crippen LogP contribution in [0, 0.1) is 0 Å². The predicted molar refractivity (Wildman–Crippen MR) is 80.2 cm³/mol. The molecule has 0 saturated carbocycles. The van der Waals surface area contributed by atoms with Gasteiger partial charge >= 0.3 is 0 Å². The van der Waals surface area contributed by atoms with E-state index in [-0.39, 0.29) is 5.91 Å². The van der Waals surface area contributed by atoms with E-state index in [4.69, 9.17) is 0 Å². The van der Waals surface area contributed by atoms with Crippen LogP contribution in [0.4, 0.5) is 0 Å². The van der Waals surface area contributed by atoms with Gasteiger partial charge in [-0.15, -0.1) is 10.2 Å². The van der Waals surface area contributed by atoms with Crippen LogP contribution in [0.15, 0.2) is 24.5 Å². The third-order valence-electron chi connectivity index (χ3n) is 4.02. The highest BCUT2D eigenvalue weighted by Crippen LogP contribution is 2.16. The summed E-state index contributed by atoms with van der Waals surface area (Å²) in [4.78, 5) is 19.7. The van der Waals surface area contributed by atoms with E-state index in [1.54, 1.807) is 12.4 Å². The third-order valence-corrected chi connectivity index (χ3v) is 4.02. The SMILES string of the molecule is O=C(NCc1nnc2n1CCCC2)c1c[nH]c2cccnc12. The first-order valence-electron chi connectivity index (χ1n) is 7.44. The normalized spacial score (nSPS) is 14.0. The molecule has 0 saturated heterocycles. The number of aromatic nitrogens is 5. The lowest BCUT2D eigenvalue weighted by atomic mass is 10.2. The fraction of sp³-hybridized carbons (Fsp3) is 0.333. The minimum absolute atomic E-state index is 0.155. The van der Waals surface area contributed by atoms with E-state index < -0.39 is 0 Å². The number of aryl methyl sites for hydroxylation is 1. The Morgan fingerprint density at radius 1 is 1.36 bits per heavy atom. The number of rotatable bonds is 3. The molecular weight excluding hydrogens is 280 g/mol. The molecule has 3 aromatic rings. The average Bonchev–Trinajstić information content (AvgIpc) is 3.17. The van der Waals surface area contributed by atoms with E-state index in [1.165, 1.54) is 0 Å². The van der Waals surface area contributed by atoms with E-state index in [0.29, 0.717) is 17.6 Å². The van der Waals surface area contributed by atoms with Crippen LogP contribution >= 0.6 is 0 Å². The summed E-state index contributed by atoms with van der Waals surface area (Å²) in [7, 11) is 0. The highest BCUT2D eigenvalue weighted by atomic mass is 16.1. The molecule has 4 heterocycles. The van der Waals surface area contributed by atoms with Gasteiger partial charge in [-0.2, -0.15) is 0 Å². The molecule has 1 aliphatic rings. The summed E-state index contributed by atoms with van der Waals surface area (Å²) >= 11 is 0. The van der Waals surface area contributed by atoms with Crippen molar-refractivity contribution in [1.82, 2.24) is 30.0 Å².